The highest BCUT2D eigenvalue weighted by Crippen LogP contribution is 2.29. The quantitative estimate of drug-likeness (QED) is 0.445. The second-order valence-electron chi connectivity index (χ2n) is 6.63. The van der Waals surface area contributed by atoms with Crippen molar-refractivity contribution in [2.24, 2.45) is 0 Å². The molecule has 7 heteroatoms. The predicted molar refractivity (Wildman–Crippen MR) is 115 cm³/mol. The zero-order valence-electron chi connectivity index (χ0n) is 16.6. The van der Waals surface area contributed by atoms with Gasteiger partial charge in [-0.2, -0.15) is 5.26 Å². The number of aryl methyl sites for hydroxylation is 1. The van der Waals surface area contributed by atoms with E-state index in [9.17, 15) is 9.90 Å². The molecule has 1 heterocycles. The maximum atomic E-state index is 11.4. The summed E-state index contributed by atoms with van der Waals surface area (Å²) in [6, 6.07) is 16.5. The number of nitrogens with zero attached hydrogens (tertiary/aromatic N) is 2. The summed E-state index contributed by atoms with van der Waals surface area (Å²) in [6.45, 7) is 3.03. The highest BCUT2D eigenvalue weighted by atomic mass is 32.1. The zero-order chi connectivity index (χ0) is 21.3. The lowest BCUT2D eigenvalue weighted by Crippen LogP contribution is -2.01. The van der Waals surface area contributed by atoms with Gasteiger partial charge in [-0.25, -0.2) is 9.78 Å². The first kappa shape index (κ1) is 21.3. The van der Waals surface area contributed by atoms with Crippen LogP contribution < -0.4 is 9.47 Å². The molecule has 0 saturated heterocycles. The Bertz CT molecular complexity index is 1020. The molecule has 6 nitrogen and oxygen atoms in total. The summed E-state index contributed by atoms with van der Waals surface area (Å²) in [4.78, 5) is 15.9. The second kappa shape index (κ2) is 10.4. The van der Waals surface area contributed by atoms with E-state index in [2.05, 4.69) is 11.1 Å². The average Bonchev–Trinajstić information content (AvgIpc) is 3.16. The number of rotatable bonds is 10. The molecular formula is C23H22N2O4S. The van der Waals surface area contributed by atoms with Crippen LogP contribution in [0.3, 0.4) is 0 Å². The normalized spacial score (nSPS) is 10.4. The second-order valence-corrected chi connectivity index (χ2v) is 7.84. The van der Waals surface area contributed by atoms with Crippen molar-refractivity contribution in [2.75, 3.05) is 13.2 Å². The third-order valence-corrected chi connectivity index (χ3v) is 5.32. The fourth-order valence-electron chi connectivity index (χ4n) is 2.86. The molecule has 30 heavy (non-hydrogen) atoms. The first-order valence-corrected chi connectivity index (χ1v) is 10.5. The number of hydrogen-bond donors (Lipinski definition) is 1. The number of nitriles is 1. The average molecular weight is 423 g/mol. The van der Waals surface area contributed by atoms with Crippen molar-refractivity contribution in [1.29, 1.82) is 5.26 Å². The lowest BCUT2D eigenvalue weighted by Gasteiger charge is -2.08. The lowest BCUT2D eigenvalue weighted by atomic mass is 10.1. The van der Waals surface area contributed by atoms with Crippen molar-refractivity contribution in [3.63, 3.8) is 0 Å². The number of carboxylic acids is 1. The molecule has 154 valence electrons. The zero-order valence-corrected chi connectivity index (χ0v) is 17.4. The van der Waals surface area contributed by atoms with E-state index < -0.39 is 5.97 Å². The Morgan fingerprint density at radius 3 is 2.10 bits per heavy atom. The topological polar surface area (TPSA) is 92.4 Å². The van der Waals surface area contributed by atoms with Crippen molar-refractivity contribution >= 4 is 17.3 Å². The minimum absolute atomic E-state index is 0.254. The van der Waals surface area contributed by atoms with E-state index >= 15 is 0 Å². The largest absolute Gasteiger partial charge is 0.494 e. The minimum atomic E-state index is -0.959. The number of hydrogen-bond acceptors (Lipinski definition) is 6. The number of benzene rings is 2. The van der Waals surface area contributed by atoms with Gasteiger partial charge in [0.1, 0.15) is 16.4 Å². The Labute approximate surface area is 179 Å². The van der Waals surface area contributed by atoms with E-state index in [1.54, 1.807) is 31.2 Å². The van der Waals surface area contributed by atoms with Gasteiger partial charge < -0.3 is 14.6 Å². The third-order valence-electron chi connectivity index (χ3n) is 4.37. The number of unbranched alkanes of at least 4 members (excludes halogenated alkanes) is 2. The summed E-state index contributed by atoms with van der Waals surface area (Å²) < 4.78 is 11.4. The van der Waals surface area contributed by atoms with Gasteiger partial charge in [-0.05, 0) is 74.7 Å². The van der Waals surface area contributed by atoms with Crippen LogP contribution in [0.25, 0.3) is 11.3 Å². The number of carbonyl (C=O) groups is 1. The predicted octanol–water partition coefficient (Wildman–Crippen LogP) is 5.32. The fourth-order valence-corrected chi connectivity index (χ4v) is 3.64. The molecule has 3 aromatic rings. The van der Waals surface area contributed by atoms with Gasteiger partial charge >= 0.3 is 5.97 Å². The van der Waals surface area contributed by atoms with Crippen molar-refractivity contribution < 1.29 is 19.4 Å². The molecule has 0 amide bonds. The van der Waals surface area contributed by atoms with Crippen LogP contribution in [0.1, 0.15) is 39.5 Å². The molecule has 2 aromatic carbocycles. The molecule has 1 aromatic heterocycles. The van der Waals surface area contributed by atoms with E-state index in [1.807, 2.05) is 24.3 Å². The number of thiazole rings is 1. The Kier molecular flexibility index (Phi) is 7.41. The monoisotopic (exact) mass is 422 g/mol. The molecule has 0 radical (unpaired) electrons. The van der Waals surface area contributed by atoms with Crippen molar-refractivity contribution in [3.05, 3.63) is 64.0 Å². The van der Waals surface area contributed by atoms with Crippen LogP contribution in [0, 0.1) is 18.3 Å². The van der Waals surface area contributed by atoms with Crippen molar-refractivity contribution in [3.8, 4) is 28.8 Å². The number of aromatic carboxylic acids is 1. The SMILES string of the molecule is Cc1nc(-c2ccc(OCCCCCOc3ccc(C#N)cc3)cc2)c(C(=O)O)s1. The van der Waals surface area contributed by atoms with Crippen LogP contribution in [-0.2, 0) is 0 Å². The maximum absolute atomic E-state index is 11.4. The lowest BCUT2D eigenvalue weighted by molar-refractivity contribution is 0.0702. The van der Waals surface area contributed by atoms with E-state index in [0.717, 1.165) is 41.3 Å². The van der Waals surface area contributed by atoms with Gasteiger partial charge in [0.2, 0.25) is 0 Å². The molecule has 0 saturated carbocycles. The van der Waals surface area contributed by atoms with Crippen LogP contribution in [0.4, 0.5) is 0 Å². The number of aromatic nitrogens is 1. The number of carboxylic acid groups (broad SMARTS) is 1. The minimum Gasteiger partial charge on any atom is -0.494 e. The van der Waals surface area contributed by atoms with E-state index in [0.29, 0.717) is 24.5 Å². The molecule has 0 aliphatic heterocycles. The molecule has 0 unspecified atom stereocenters. The summed E-state index contributed by atoms with van der Waals surface area (Å²) in [6.07, 6.45) is 2.81. The van der Waals surface area contributed by atoms with Gasteiger partial charge in [-0.1, -0.05) is 0 Å². The summed E-state index contributed by atoms with van der Waals surface area (Å²) in [5, 5.41) is 18.8. The molecule has 0 aliphatic carbocycles. The maximum Gasteiger partial charge on any atom is 0.348 e. The summed E-state index contributed by atoms with van der Waals surface area (Å²) >= 11 is 1.18. The van der Waals surface area contributed by atoms with Gasteiger partial charge in [0.15, 0.2) is 0 Å². The summed E-state index contributed by atoms with van der Waals surface area (Å²) in [7, 11) is 0. The first-order chi connectivity index (χ1) is 14.6. The Morgan fingerprint density at radius 1 is 1.00 bits per heavy atom. The van der Waals surface area contributed by atoms with Crippen molar-refractivity contribution in [1.82, 2.24) is 4.98 Å². The van der Waals surface area contributed by atoms with Crippen LogP contribution in [0.2, 0.25) is 0 Å². The van der Waals surface area contributed by atoms with Gasteiger partial charge in [0.05, 0.1) is 35.5 Å². The highest BCUT2D eigenvalue weighted by Gasteiger charge is 2.17. The van der Waals surface area contributed by atoms with Crippen molar-refractivity contribution in [2.45, 2.75) is 26.2 Å². The van der Waals surface area contributed by atoms with E-state index in [4.69, 9.17) is 14.7 Å². The van der Waals surface area contributed by atoms with Crippen LogP contribution in [-0.4, -0.2) is 29.3 Å². The van der Waals surface area contributed by atoms with E-state index in [-0.39, 0.29) is 4.88 Å². The molecule has 0 atom stereocenters. The Balaban J connectivity index is 1.37. The third kappa shape index (κ3) is 5.82. The Hall–Kier alpha value is -3.37. The molecule has 3 rings (SSSR count). The molecular weight excluding hydrogens is 400 g/mol. The molecule has 0 aliphatic rings. The molecule has 1 N–H and O–H groups in total. The van der Waals surface area contributed by atoms with Gasteiger partial charge in [0, 0.05) is 5.56 Å². The summed E-state index contributed by atoms with van der Waals surface area (Å²) in [5.41, 5.74) is 1.89. The smallest absolute Gasteiger partial charge is 0.348 e. The standard InChI is InChI=1S/C23H22N2O4S/c1-16-25-21(22(30-16)23(26)27)18-7-11-20(12-8-18)29-14-4-2-3-13-28-19-9-5-17(15-24)6-10-19/h5-12H,2-4,13-14H2,1H3,(H,26,27). The van der Waals surface area contributed by atoms with Crippen LogP contribution >= 0.6 is 11.3 Å². The van der Waals surface area contributed by atoms with Gasteiger partial charge in [0.25, 0.3) is 0 Å². The molecule has 0 spiro atoms. The fraction of sp³-hybridized carbons (Fsp3) is 0.261. The summed E-state index contributed by atoms with van der Waals surface area (Å²) in [5.74, 6) is 0.558. The highest BCUT2D eigenvalue weighted by molar-refractivity contribution is 7.14. The molecule has 0 bridgehead atoms. The van der Waals surface area contributed by atoms with Gasteiger partial charge in [-0.3, -0.25) is 0 Å². The van der Waals surface area contributed by atoms with Crippen LogP contribution in [0.15, 0.2) is 48.5 Å². The van der Waals surface area contributed by atoms with E-state index in [1.165, 1.54) is 11.3 Å². The van der Waals surface area contributed by atoms with Crippen LogP contribution in [0.5, 0.6) is 11.5 Å². The molecule has 0 fully saturated rings. The number of ether oxygens (including phenoxy) is 2. The first-order valence-electron chi connectivity index (χ1n) is 9.64. The van der Waals surface area contributed by atoms with Gasteiger partial charge in [-0.15, -0.1) is 11.3 Å². The Morgan fingerprint density at radius 2 is 1.57 bits per heavy atom.